The first-order chi connectivity index (χ1) is 7.88. The van der Waals surface area contributed by atoms with Gasteiger partial charge in [-0.2, -0.15) is 0 Å². The Kier molecular flexibility index (Phi) is 7.80. The third-order valence-corrected chi connectivity index (χ3v) is 4.36. The van der Waals surface area contributed by atoms with Gasteiger partial charge in [-0.15, -0.1) is 18.2 Å². The minimum atomic E-state index is 0.742. The van der Waals surface area contributed by atoms with Crippen molar-refractivity contribution in [3.8, 4) is 12.3 Å². The van der Waals surface area contributed by atoms with Gasteiger partial charge in [-0.3, -0.25) is 0 Å². The summed E-state index contributed by atoms with van der Waals surface area (Å²) in [5.41, 5.74) is 0. The van der Waals surface area contributed by atoms with Crippen LogP contribution in [0.15, 0.2) is 0 Å². The molecule has 1 nitrogen and oxygen atoms in total. The molecule has 0 amide bonds. The third-order valence-electron chi connectivity index (χ3n) is 3.50. The molecular weight excluding hydrogens is 214 g/mol. The molecule has 1 saturated carbocycles. The summed E-state index contributed by atoms with van der Waals surface area (Å²) >= 11 is 1.85. The van der Waals surface area contributed by atoms with Gasteiger partial charge in [0.2, 0.25) is 0 Å². The summed E-state index contributed by atoms with van der Waals surface area (Å²) in [4.78, 5) is 0. The molecule has 16 heavy (non-hydrogen) atoms. The number of nitrogens with one attached hydrogen (secondary N) is 1. The lowest BCUT2D eigenvalue weighted by atomic mass is 9.83. The monoisotopic (exact) mass is 239 g/mol. The van der Waals surface area contributed by atoms with Crippen LogP contribution in [0.2, 0.25) is 0 Å². The van der Waals surface area contributed by atoms with Crippen LogP contribution >= 0.6 is 11.8 Å². The number of thioether (sulfide) groups is 1. The summed E-state index contributed by atoms with van der Waals surface area (Å²) in [6.07, 6.45) is 13.7. The van der Waals surface area contributed by atoms with Crippen LogP contribution in [0.5, 0.6) is 0 Å². The summed E-state index contributed by atoms with van der Waals surface area (Å²) in [6.45, 7) is 3.42. The van der Waals surface area contributed by atoms with Gasteiger partial charge in [0.15, 0.2) is 0 Å². The van der Waals surface area contributed by atoms with Crippen molar-refractivity contribution in [1.29, 1.82) is 0 Å². The van der Waals surface area contributed by atoms with Gasteiger partial charge in [0, 0.05) is 18.3 Å². The zero-order chi connectivity index (χ0) is 11.6. The van der Waals surface area contributed by atoms with Gasteiger partial charge in [0.25, 0.3) is 0 Å². The molecule has 1 aliphatic carbocycles. The Morgan fingerprint density at radius 1 is 1.38 bits per heavy atom. The molecule has 1 fully saturated rings. The largest absolute Gasteiger partial charge is 0.313 e. The highest BCUT2D eigenvalue weighted by Gasteiger charge is 2.21. The van der Waals surface area contributed by atoms with E-state index in [1.165, 1.54) is 38.5 Å². The molecule has 0 bridgehead atoms. The molecule has 1 unspecified atom stereocenters. The fourth-order valence-electron chi connectivity index (χ4n) is 2.63. The molecule has 2 heteroatoms. The van der Waals surface area contributed by atoms with Crippen LogP contribution in [0.25, 0.3) is 0 Å². The van der Waals surface area contributed by atoms with Gasteiger partial charge in [0.05, 0.1) is 5.75 Å². The standard InChI is InChI=1S/C14H25NS/c1-3-11-16-12-10-15-14(4-2)13-8-6-5-7-9-13/h1,13-15H,4-12H2,2H3. The van der Waals surface area contributed by atoms with E-state index in [0.29, 0.717) is 0 Å². The van der Waals surface area contributed by atoms with Crippen molar-refractivity contribution in [2.24, 2.45) is 5.92 Å². The molecule has 1 aliphatic rings. The summed E-state index contributed by atoms with van der Waals surface area (Å²) in [5.74, 6) is 5.59. The summed E-state index contributed by atoms with van der Waals surface area (Å²) in [5, 5.41) is 3.71. The van der Waals surface area contributed by atoms with Crippen LogP contribution in [0, 0.1) is 18.3 Å². The highest BCUT2D eigenvalue weighted by atomic mass is 32.2. The van der Waals surface area contributed by atoms with Crippen molar-refractivity contribution in [3.05, 3.63) is 0 Å². The second-order valence-corrected chi connectivity index (χ2v) is 5.73. The molecule has 1 atom stereocenters. The first-order valence-corrected chi connectivity index (χ1v) is 7.78. The van der Waals surface area contributed by atoms with Crippen LogP contribution in [-0.4, -0.2) is 24.1 Å². The Balaban J connectivity index is 2.13. The first-order valence-electron chi connectivity index (χ1n) is 6.63. The predicted molar refractivity (Wildman–Crippen MR) is 74.8 cm³/mol. The van der Waals surface area contributed by atoms with Gasteiger partial charge in [-0.05, 0) is 25.2 Å². The van der Waals surface area contributed by atoms with Crippen molar-refractivity contribution in [2.45, 2.75) is 51.5 Å². The summed E-state index contributed by atoms with van der Waals surface area (Å²) in [6, 6.07) is 0.742. The first kappa shape index (κ1) is 13.9. The Morgan fingerprint density at radius 3 is 2.75 bits per heavy atom. The van der Waals surface area contributed by atoms with Gasteiger partial charge < -0.3 is 5.32 Å². The maximum atomic E-state index is 5.22. The number of hydrogen-bond acceptors (Lipinski definition) is 2. The fourth-order valence-corrected chi connectivity index (χ4v) is 3.15. The molecule has 0 aromatic heterocycles. The highest BCUT2D eigenvalue weighted by molar-refractivity contribution is 7.99. The lowest BCUT2D eigenvalue weighted by Crippen LogP contribution is -2.38. The minimum Gasteiger partial charge on any atom is -0.313 e. The van der Waals surface area contributed by atoms with Crippen molar-refractivity contribution in [2.75, 3.05) is 18.1 Å². The third kappa shape index (κ3) is 5.27. The normalized spacial score (nSPS) is 19.2. The molecule has 1 N–H and O–H groups in total. The van der Waals surface area contributed by atoms with Gasteiger partial charge >= 0.3 is 0 Å². The van der Waals surface area contributed by atoms with Crippen molar-refractivity contribution < 1.29 is 0 Å². The average molecular weight is 239 g/mol. The number of hydrogen-bond donors (Lipinski definition) is 1. The van der Waals surface area contributed by atoms with E-state index in [1.54, 1.807) is 0 Å². The zero-order valence-electron chi connectivity index (χ0n) is 10.5. The SMILES string of the molecule is C#CCSCCNC(CC)C1CCCCC1. The van der Waals surface area contributed by atoms with Crippen molar-refractivity contribution >= 4 is 11.8 Å². The highest BCUT2D eigenvalue weighted by Crippen LogP contribution is 2.27. The molecule has 0 radical (unpaired) electrons. The van der Waals surface area contributed by atoms with Crippen molar-refractivity contribution in [1.82, 2.24) is 5.32 Å². The van der Waals surface area contributed by atoms with Crippen molar-refractivity contribution in [3.63, 3.8) is 0 Å². The lowest BCUT2D eigenvalue weighted by molar-refractivity contribution is 0.266. The quantitative estimate of drug-likeness (QED) is 0.540. The molecule has 92 valence electrons. The minimum absolute atomic E-state index is 0.742. The maximum Gasteiger partial charge on any atom is 0.0545 e. The maximum absolute atomic E-state index is 5.22. The Labute approximate surface area is 105 Å². The topological polar surface area (TPSA) is 12.0 Å². The van der Waals surface area contributed by atoms with Crippen LogP contribution in [0.4, 0.5) is 0 Å². The molecule has 1 rings (SSSR count). The van der Waals surface area contributed by atoms with Crippen LogP contribution in [0.1, 0.15) is 45.4 Å². The molecule has 0 heterocycles. The van der Waals surface area contributed by atoms with Gasteiger partial charge in [-0.1, -0.05) is 32.1 Å². The molecule has 0 aliphatic heterocycles. The smallest absolute Gasteiger partial charge is 0.0545 e. The average Bonchev–Trinajstić information content (AvgIpc) is 2.35. The van der Waals surface area contributed by atoms with E-state index in [0.717, 1.165) is 30.0 Å². The molecule has 0 aromatic carbocycles. The Morgan fingerprint density at radius 2 is 2.12 bits per heavy atom. The molecule has 0 aromatic rings. The van der Waals surface area contributed by atoms with Gasteiger partial charge in [-0.25, -0.2) is 0 Å². The predicted octanol–water partition coefficient (Wildman–Crippen LogP) is 3.30. The Bertz CT molecular complexity index is 203. The summed E-state index contributed by atoms with van der Waals surface area (Å²) in [7, 11) is 0. The number of terminal acetylenes is 1. The van der Waals surface area contributed by atoms with E-state index in [1.807, 2.05) is 11.8 Å². The molecule has 0 spiro atoms. The molecule has 0 saturated heterocycles. The number of rotatable bonds is 7. The second kappa shape index (κ2) is 8.96. The fraction of sp³-hybridized carbons (Fsp3) is 0.857. The van der Waals surface area contributed by atoms with Crippen LogP contribution < -0.4 is 5.32 Å². The van der Waals surface area contributed by atoms with Gasteiger partial charge in [0.1, 0.15) is 0 Å². The van der Waals surface area contributed by atoms with E-state index >= 15 is 0 Å². The van der Waals surface area contributed by atoms with E-state index in [2.05, 4.69) is 18.2 Å². The second-order valence-electron chi connectivity index (χ2n) is 4.62. The lowest BCUT2D eigenvalue weighted by Gasteiger charge is -2.30. The Hall–Kier alpha value is -0.130. The van der Waals surface area contributed by atoms with Crippen LogP contribution in [0.3, 0.4) is 0 Å². The van der Waals surface area contributed by atoms with E-state index in [4.69, 9.17) is 6.42 Å². The zero-order valence-corrected chi connectivity index (χ0v) is 11.3. The van der Waals surface area contributed by atoms with E-state index in [9.17, 15) is 0 Å². The summed E-state index contributed by atoms with van der Waals surface area (Å²) < 4.78 is 0. The van der Waals surface area contributed by atoms with E-state index < -0.39 is 0 Å². The molecular formula is C14H25NS. The van der Waals surface area contributed by atoms with E-state index in [-0.39, 0.29) is 0 Å². The van der Waals surface area contributed by atoms with Crippen LogP contribution in [-0.2, 0) is 0 Å².